The zero-order valence-corrected chi connectivity index (χ0v) is 22.6. The zero-order chi connectivity index (χ0) is 27.0. The average molecular weight is 543 g/mol. The van der Waals surface area contributed by atoms with Crippen LogP contribution in [0.1, 0.15) is 46.1 Å². The van der Waals surface area contributed by atoms with Crippen molar-refractivity contribution in [3.8, 4) is 22.5 Å². The molecular formula is C30H30N4O4S. The van der Waals surface area contributed by atoms with Gasteiger partial charge in [-0.2, -0.15) is 4.98 Å². The van der Waals surface area contributed by atoms with Crippen LogP contribution < -0.4 is 5.32 Å². The van der Waals surface area contributed by atoms with Gasteiger partial charge in [0, 0.05) is 42.4 Å². The van der Waals surface area contributed by atoms with Gasteiger partial charge >= 0.3 is 0 Å². The maximum Gasteiger partial charge on any atom is 0.255 e. The molecule has 1 aromatic heterocycles. The largest absolute Gasteiger partial charge is 0.339 e. The number of nitrogens with zero attached hydrogens (tertiary/aromatic N) is 3. The molecule has 3 aromatic carbocycles. The minimum Gasteiger partial charge on any atom is -0.339 e. The normalized spacial score (nSPS) is 17.2. The molecule has 8 nitrogen and oxygen atoms in total. The second kappa shape index (κ2) is 10.4. The summed E-state index contributed by atoms with van der Waals surface area (Å²) in [7, 11) is -2.89. The van der Waals surface area contributed by atoms with Gasteiger partial charge in [0.15, 0.2) is 9.84 Å². The fraction of sp³-hybridized carbons (Fsp3) is 0.300. The van der Waals surface area contributed by atoms with Crippen molar-refractivity contribution in [1.29, 1.82) is 0 Å². The van der Waals surface area contributed by atoms with E-state index in [9.17, 15) is 13.2 Å². The van der Waals surface area contributed by atoms with Gasteiger partial charge < -0.3 is 9.84 Å². The fourth-order valence-corrected chi connectivity index (χ4v) is 6.06. The number of anilines is 1. The van der Waals surface area contributed by atoms with Crippen molar-refractivity contribution in [3.05, 3.63) is 89.3 Å². The molecule has 1 amide bonds. The van der Waals surface area contributed by atoms with Crippen LogP contribution in [0, 0.1) is 6.92 Å². The molecule has 2 heterocycles. The lowest BCUT2D eigenvalue weighted by Gasteiger charge is -2.26. The second-order valence-corrected chi connectivity index (χ2v) is 12.7. The molecule has 0 atom stereocenters. The van der Waals surface area contributed by atoms with Crippen LogP contribution in [0.2, 0.25) is 0 Å². The first kappa shape index (κ1) is 25.5. The number of carbonyl (C=O) groups excluding carboxylic acids is 1. The van der Waals surface area contributed by atoms with Gasteiger partial charge in [0.1, 0.15) is 0 Å². The Labute approximate surface area is 228 Å². The molecule has 200 valence electrons. The van der Waals surface area contributed by atoms with Crippen LogP contribution in [0.25, 0.3) is 22.5 Å². The van der Waals surface area contributed by atoms with E-state index in [1.807, 2.05) is 54.6 Å². The number of carbonyl (C=O) groups is 1. The summed E-state index contributed by atoms with van der Waals surface area (Å²) >= 11 is 0. The molecule has 1 saturated heterocycles. The maximum atomic E-state index is 12.9. The first-order valence-corrected chi connectivity index (χ1v) is 15.0. The Balaban J connectivity index is 1.10. The van der Waals surface area contributed by atoms with Crippen molar-refractivity contribution < 1.29 is 17.7 Å². The third-order valence-corrected chi connectivity index (χ3v) is 8.99. The summed E-state index contributed by atoms with van der Waals surface area (Å²) in [5.74, 6) is 1.98. The van der Waals surface area contributed by atoms with Gasteiger partial charge in [0.2, 0.25) is 11.7 Å². The standard InChI is InChI=1S/C30H30N4O4S/c1-20-2-5-25(28-32-30(38-33-28)24-10-11-24)18-27(20)22-6-8-23(9-7-22)29(35)31-26-12-3-21(4-13-26)19-34-14-16-39(36,37)17-15-34/h2-9,12-13,18,24H,10-11,14-17,19H2,1H3,(H,31,35). The molecule has 1 aliphatic heterocycles. The number of aromatic nitrogens is 2. The lowest BCUT2D eigenvalue weighted by molar-refractivity contribution is 0.102. The summed E-state index contributed by atoms with van der Waals surface area (Å²) in [4.78, 5) is 19.6. The van der Waals surface area contributed by atoms with Crippen LogP contribution in [-0.4, -0.2) is 54.0 Å². The smallest absolute Gasteiger partial charge is 0.255 e. The molecular weight excluding hydrogens is 512 g/mol. The Hall–Kier alpha value is -3.82. The summed E-state index contributed by atoms with van der Waals surface area (Å²) in [6.07, 6.45) is 2.22. The highest BCUT2D eigenvalue weighted by molar-refractivity contribution is 7.91. The Morgan fingerprint density at radius 1 is 0.974 bits per heavy atom. The number of sulfone groups is 1. The van der Waals surface area contributed by atoms with Crippen LogP contribution >= 0.6 is 0 Å². The van der Waals surface area contributed by atoms with Crippen LogP contribution in [0.4, 0.5) is 5.69 Å². The highest BCUT2D eigenvalue weighted by Crippen LogP contribution is 2.39. The van der Waals surface area contributed by atoms with Gasteiger partial charge in [-0.25, -0.2) is 8.42 Å². The van der Waals surface area contributed by atoms with Crippen molar-refractivity contribution in [1.82, 2.24) is 15.0 Å². The van der Waals surface area contributed by atoms with Crippen LogP contribution in [0.5, 0.6) is 0 Å². The van der Waals surface area contributed by atoms with Gasteiger partial charge in [0.25, 0.3) is 5.91 Å². The van der Waals surface area contributed by atoms with Gasteiger partial charge in [-0.1, -0.05) is 41.6 Å². The molecule has 9 heteroatoms. The number of aryl methyl sites for hydroxylation is 1. The number of hydrogen-bond donors (Lipinski definition) is 1. The summed E-state index contributed by atoms with van der Waals surface area (Å²) in [6.45, 7) is 3.86. The summed E-state index contributed by atoms with van der Waals surface area (Å²) in [5, 5.41) is 7.12. The lowest BCUT2D eigenvalue weighted by Crippen LogP contribution is -2.39. The average Bonchev–Trinajstić information content (AvgIpc) is 3.67. The lowest BCUT2D eigenvalue weighted by atomic mass is 9.97. The molecule has 4 aromatic rings. The van der Waals surface area contributed by atoms with E-state index in [2.05, 4.69) is 39.4 Å². The highest BCUT2D eigenvalue weighted by atomic mass is 32.2. The highest BCUT2D eigenvalue weighted by Gasteiger charge is 2.30. The minimum absolute atomic E-state index is 0.180. The number of amides is 1. The molecule has 1 N–H and O–H groups in total. The van der Waals surface area contributed by atoms with Gasteiger partial charge in [-0.05, 0) is 72.4 Å². The van der Waals surface area contributed by atoms with Crippen LogP contribution in [0.15, 0.2) is 71.3 Å². The van der Waals surface area contributed by atoms with Gasteiger partial charge in [0.05, 0.1) is 11.5 Å². The van der Waals surface area contributed by atoms with E-state index in [0.717, 1.165) is 46.5 Å². The van der Waals surface area contributed by atoms with E-state index < -0.39 is 9.84 Å². The van der Waals surface area contributed by atoms with Gasteiger partial charge in [-0.15, -0.1) is 0 Å². The number of hydrogen-bond acceptors (Lipinski definition) is 7. The topological polar surface area (TPSA) is 105 Å². The van der Waals surface area contributed by atoms with Crippen molar-refractivity contribution in [2.45, 2.75) is 32.2 Å². The number of nitrogens with one attached hydrogen (secondary N) is 1. The van der Waals surface area contributed by atoms with Crippen molar-refractivity contribution in [2.75, 3.05) is 29.9 Å². The molecule has 0 bridgehead atoms. The summed E-state index contributed by atoms with van der Waals surface area (Å²) in [6, 6.07) is 21.4. The molecule has 39 heavy (non-hydrogen) atoms. The van der Waals surface area contributed by atoms with E-state index in [4.69, 9.17) is 4.52 Å². The first-order valence-electron chi connectivity index (χ1n) is 13.2. The Kier molecular flexibility index (Phi) is 6.78. The molecule has 2 fully saturated rings. The van der Waals surface area contributed by atoms with E-state index in [0.29, 0.717) is 42.6 Å². The maximum absolute atomic E-state index is 12.9. The third-order valence-electron chi connectivity index (χ3n) is 7.38. The van der Waals surface area contributed by atoms with Crippen molar-refractivity contribution in [2.24, 2.45) is 0 Å². The van der Waals surface area contributed by atoms with E-state index >= 15 is 0 Å². The summed E-state index contributed by atoms with van der Waals surface area (Å²) < 4.78 is 28.7. The van der Waals surface area contributed by atoms with Crippen LogP contribution in [-0.2, 0) is 16.4 Å². The summed E-state index contributed by atoms with van der Waals surface area (Å²) in [5.41, 5.74) is 6.45. The van der Waals surface area contributed by atoms with E-state index in [1.54, 1.807) is 0 Å². The molecule has 0 unspecified atom stereocenters. The van der Waals surface area contributed by atoms with Crippen LogP contribution in [0.3, 0.4) is 0 Å². The van der Waals surface area contributed by atoms with E-state index in [-0.39, 0.29) is 17.4 Å². The van der Waals surface area contributed by atoms with Crippen molar-refractivity contribution >= 4 is 21.4 Å². The number of rotatable bonds is 7. The Morgan fingerprint density at radius 3 is 2.36 bits per heavy atom. The second-order valence-electron chi connectivity index (χ2n) is 10.4. The quantitative estimate of drug-likeness (QED) is 0.347. The molecule has 0 radical (unpaired) electrons. The third kappa shape index (κ3) is 5.94. The SMILES string of the molecule is Cc1ccc(-c2noc(C3CC3)n2)cc1-c1ccc(C(=O)Nc2ccc(CN3CCS(=O)(=O)CC3)cc2)cc1. The molecule has 6 rings (SSSR count). The predicted molar refractivity (Wildman–Crippen MR) is 150 cm³/mol. The molecule has 1 aliphatic carbocycles. The zero-order valence-electron chi connectivity index (χ0n) is 21.8. The molecule has 1 saturated carbocycles. The molecule has 0 spiro atoms. The van der Waals surface area contributed by atoms with E-state index in [1.165, 1.54) is 0 Å². The van der Waals surface area contributed by atoms with Crippen molar-refractivity contribution in [3.63, 3.8) is 0 Å². The number of benzene rings is 3. The monoisotopic (exact) mass is 542 g/mol. The Morgan fingerprint density at radius 2 is 1.67 bits per heavy atom. The molecule has 2 aliphatic rings. The van der Waals surface area contributed by atoms with Gasteiger partial charge in [-0.3, -0.25) is 9.69 Å². The minimum atomic E-state index is -2.89. The predicted octanol–water partition coefficient (Wildman–Crippen LogP) is 5.07. The first-order chi connectivity index (χ1) is 18.8. The fourth-order valence-electron chi connectivity index (χ4n) is 4.79. The Bertz CT molecular complexity index is 1590.